The fourth-order valence-corrected chi connectivity index (χ4v) is 2.84. The molecule has 1 aliphatic carbocycles. The minimum atomic E-state index is -4.29. The van der Waals surface area contributed by atoms with Crippen molar-refractivity contribution in [1.82, 2.24) is 0 Å². The molecule has 1 saturated carbocycles. The van der Waals surface area contributed by atoms with E-state index in [0.717, 1.165) is 43.4 Å². The van der Waals surface area contributed by atoms with Gasteiger partial charge in [0.05, 0.1) is 19.1 Å². The Labute approximate surface area is 122 Å². The Morgan fingerprint density at radius 3 is 2.29 bits per heavy atom. The molecule has 0 radical (unpaired) electrons. The van der Waals surface area contributed by atoms with Crippen LogP contribution in [0.1, 0.15) is 43.2 Å². The molecule has 0 unspecified atom stereocenters. The Morgan fingerprint density at radius 1 is 1.24 bits per heavy atom. The summed E-state index contributed by atoms with van der Waals surface area (Å²) in [4.78, 5) is 11.4. The molecule has 1 aromatic carbocycles. The minimum absolute atomic E-state index is 0.0181. The number of methoxy groups -OCH3 is 1. The molecule has 2 rings (SSSR count). The van der Waals surface area contributed by atoms with Crippen LogP contribution in [0.15, 0.2) is 24.3 Å². The average molecular weight is 300 g/mol. The van der Waals surface area contributed by atoms with Crippen molar-refractivity contribution in [3.63, 3.8) is 0 Å². The predicted octanol–water partition coefficient (Wildman–Crippen LogP) is 4.37. The zero-order valence-electron chi connectivity index (χ0n) is 12.0. The SMILES string of the molecule is COC(=O)CC1(CCc2ccc(C(F)(F)F)cc2)CCC1. The van der Waals surface area contributed by atoms with E-state index in [1.165, 1.54) is 19.2 Å². The zero-order chi connectivity index (χ0) is 15.5. The first-order valence-electron chi connectivity index (χ1n) is 7.08. The molecule has 0 spiro atoms. The van der Waals surface area contributed by atoms with Gasteiger partial charge in [-0.1, -0.05) is 18.6 Å². The molecule has 0 N–H and O–H groups in total. The molecule has 116 valence electrons. The lowest BCUT2D eigenvalue weighted by Gasteiger charge is -2.41. The fraction of sp³-hybridized carbons (Fsp3) is 0.562. The summed E-state index contributed by atoms with van der Waals surface area (Å²) in [6, 6.07) is 5.27. The maximum atomic E-state index is 12.5. The van der Waals surface area contributed by atoms with Gasteiger partial charge < -0.3 is 4.74 Å². The van der Waals surface area contributed by atoms with E-state index in [0.29, 0.717) is 12.8 Å². The van der Waals surface area contributed by atoms with Crippen molar-refractivity contribution >= 4 is 5.97 Å². The molecule has 0 amide bonds. The summed E-state index contributed by atoms with van der Waals surface area (Å²) in [5.74, 6) is -0.206. The normalized spacial score (nSPS) is 17.1. The number of benzene rings is 1. The van der Waals surface area contributed by atoms with E-state index in [4.69, 9.17) is 4.74 Å². The van der Waals surface area contributed by atoms with Crippen LogP contribution in [-0.2, 0) is 22.1 Å². The molecule has 1 aliphatic rings. The van der Waals surface area contributed by atoms with Gasteiger partial charge in [0.25, 0.3) is 0 Å². The zero-order valence-corrected chi connectivity index (χ0v) is 12.0. The van der Waals surface area contributed by atoms with Crippen molar-refractivity contribution < 1.29 is 22.7 Å². The first kappa shape index (κ1) is 15.9. The van der Waals surface area contributed by atoms with Crippen molar-refractivity contribution in [3.8, 4) is 0 Å². The molecular formula is C16H19F3O2. The van der Waals surface area contributed by atoms with Gasteiger partial charge in [0.15, 0.2) is 0 Å². The van der Waals surface area contributed by atoms with E-state index in [1.807, 2.05) is 0 Å². The number of alkyl halides is 3. The monoisotopic (exact) mass is 300 g/mol. The number of hydrogen-bond donors (Lipinski definition) is 0. The summed E-state index contributed by atoms with van der Waals surface area (Å²) in [6.07, 6.45) is 0.695. The van der Waals surface area contributed by atoms with E-state index in [2.05, 4.69) is 0 Å². The van der Waals surface area contributed by atoms with Crippen molar-refractivity contribution in [1.29, 1.82) is 0 Å². The molecule has 21 heavy (non-hydrogen) atoms. The Balaban J connectivity index is 1.94. The van der Waals surface area contributed by atoms with E-state index >= 15 is 0 Å². The molecule has 0 bridgehead atoms. The lowest BCUT2D eigenvalue weighted by atomic mass is 9.64. The summed E-state index contributed by atoms with van der Waals surface area (Å²) in [6.45, 7) is 0. The van der Waals surface area contributed by atoms with Gasteiger partial charge in [-0.15, -0.1) is 0 Å². The Morgan fingerprint density at radius 2 is 1.86 bits per heavy atom. The summed E-state index contributed by atoms with van der Waals surface area (Å²) in [5, 5.41) is 0. The number of carbonyl (C=O) groups excluding carboxylic acids is 1. The highest BCUT2D eigenvalue weighted by Gasteiger charge is 2.38. The molecule has 1 aromatic rings. The highest BCUT2D eigenvalue weighted by atomic mass is 19.4. The second kappa shape index (κ2) is 6.08. The lowest BCUT2D eigenvalue weighted by molar-refractivity contribution is -0.145. The van der Waals surface area contributed by atoms with Crippen LogP contribution >= 0.6 is 0 Å². The Bertz CT molecular complexity index is 487. The van der Waals surface area contributed by atoms with Crippen molar-refractivity contribution in [2.45, 2.75) is 44.7 Å². The predicted molar refractivity (Wildman–Crippen MR) is 72.7 cm³/mol. The number of esters is 1. The molecule has 0 aromatic heterocycles. The summed E-state index contributed by atoms with van der Waals surface area (Å²) < 4.78 is 42.2. The van der Waals surface area contributed by atoms with Crippen LogP contribution in [0.4, 0.5) is 13.2 Å². The van der Waals surface area contributed by atoms with E-state index in [1.54, 1.807) is 0 Å². The maximum Gasteiger partial charge on any atom is 0.416 e. The second-order valence-corrected chi connectivity index (χ2v) is 5.80. The van der Waals surface area contributed by atoms with Crippen molar-refractivity contribution in [3.05, 3.63) is 35.4 Å². The van der Waals surface area contributed by atoms with Gasteiger partial charge in [-0.05, 0) is 48.8 Å². The van der Waals surface area contributed by atoms with Crippen LogP contribution in [0, 0.1) is 5.41 Å². The lowest BCUT2D eigenvalue weighted by Crippen LogP contribution is -2.33. The Kier molecular flexibility index (Phi) is 4.59. The van der Waals surface area contributed by atoms with E-state index in [-0.39, 0.29) is 11.4 Å². The van der Waals surface area contributed by atoms with Gasteiger partial charge >= 0.3 is 12.1 Å². The summed E-state index contributed by atoms with van der Waals surface area (Å²) in [7, 11) is 1.38. The van der Waals surface area contributed by atoms with Crippen LogP contribution < -0.4 is 0 Å². The molecular weight excluding hydrogens is 281 g/mol. The molecule has 0 aliphatic heterocycles. The smallest absolute Gasteiger partial charge is 0.416 e. The van der Waals surface area contributed by atoms with Crippen molar-refractivity contribution in [2.24, 2.45) is 5.41 Å². The molecule has 0 atom stereocenters. The summed E-state index contributed by atoms with van der Waals surface area (Å²) in [5.41, 5.74) is 0.230. The first-order chi connectivity index (χ1) is 9.85. The third-order valence-corrected chi connectivity index (χ3v) is 4.39. The van der Waals surface area contributed by atoms with Gasteiger partial charge in [-0.3, -0.25) is 4.79 Å². The second-order valence-electron chi connectivity index (χ2n) is 5.80. The molecule has 2 nitrogen and oxygen atoms in total. The third-order valence-electron chi connectivity index (χ3n) is 4.39. The van der Waals surface area contributed by atoms with Crippen molar-refractivity contribution in [2.75, 3.05) is 7.11 Å². The third kappa shape index (κ3) is 3.99. The van der Waals surface area contributed by atoms with Crippen LogP contribution in [0.2, 0.25) is 0 Å². The minimum Gasteiger partial charge on any atom is -0.469 e. The van der Waals surface area contributed by atoms with E-state index < -0.39 is 11.7 Å². The number of rotatable bonds is 5. The summed E-state index contributed by atoms with van der Waals surface area (Å²) >= 11 is 0. The van der Waals surface area contributed by atoms with Crippen LogP contribution in [0.5, 0.6) is 0 Å². The topological polar surface area (TPSA) is 26.3 Å². The van der Waals surface area contributed by atoms with Crippen LogP contribution in [0.3, 0.4) is 0 Å². The Hall–Kier alpha value is -1.52. The highest BCUT2D eigenvalue weighted by Crippen LogP contribution is 2.47. The largest absolute Gasteiger partial charge is 0.469 e. The maximum absolute atomic E-state index is 12.5. The molecule has 5 heteroatoms. The molecule has 0 heterocycles. The van der Waals surface area contributed by atoms with Crippen LogP contribution in [-0.4, -0.2) is 13.1 Å². The first-order valence-corrected chi connectivity index (χ1v) is 7.08. The van der Waals surface area contributed by atoms with Crippen LogP contribution in [0.25, 0.3) is 0 Å². The number of carbonyl (C=O) groups is 1. The molecule has 1 fully saturated rings. The van der Waals surface area contributed by atoms with Gasteiger partial charge in [-0.25, -0.2) is 0 Å². The van der Waals surface area contributed by atoms with Gasteiger partial charge in [0.1, 0.15) is 0 Å². The number of halogens is 3. The van der Waals surface area contributed by atoms with Gasteiger partial charge in [-0.2, -0.15) is 13.2 Å². The van der Waals surface area contributed by atoms with E-state index in [9.17, 15) is 18.0 Å². The average Bonchev–Trinajstić information content (AvgIpc) is 2.40. The van der Waals surface area contributed by atoms with Gasteiger partial charge in [0, 0.05) is 0 Å². The standard InChI is InChI=1S/C16H19F3O2/c1-21-14(20)11-15(8-2-9-15)10-7-12-3-5-13(6-4-12)16(17,18)19/h3-6H,2,7-11H2,1H3. The number of aryl methyl sites for hydroxylation is 1. The molecule has 0 saturated heterocycles. The number of ether oxygens (including phenoxy) is 1. The van der Waals surface area contributed by atoms with Gasteiger partial charge in [0.2, 0.25) is 0 Å². The fourth-order valence-electron chi connectivity index (χ4n) is 2.84. The quantitative estimate of drug-likeness (QED) is 0.755. The highest BCUT2D eigenvalue weighted by molar-refractivity contribution is 5.70. The number of hydrogen-bond acceptors (Lipinski definition) is 2.